The molecule has 0 bridgehead atoms. The molecule has 9 heteroatoms. The normalized spacial score (nSPS) is 10.9. The molecule has 0 aromatic heterocycles. The van der Waals surface area contributed by atoms with Gasteiger partial charge in [0.25, 0.3) is 10.1 Å². The van der Waals surface area contributed by atoms with Crippen molar-refractivity contribution < 1.29 is 84.8 Å². The minimum Gasteiger partial charge on any atom is -1.00 e. The summed E-state index contributed by atoms with van der Waals surface area (Å²) in [6, 6.07) is 10.2. The molecule has 0 unspecified atom stereocenters. The number of methoxy groups -OCH3 is 1. The molecule has 1 N–H and O–H groups in total. The molecular weight excluding hydrogens is 399 g/mol. The molecule has 27 heavy (non-hydrogen) atoms. The van der Waals surface area contributed by atoms with Crippen molar-refractivity contribution in [3.05, 3.63) is 59.2 Å². The van der Waals surface area contributed by atoms with Crippen LogP contribution in [-0.2, 0) is 19.6 Å². The van der Waals surface area contributed by atoms with Crippen LogP contribution in [0.3, 0.4) is 0 Å². The Balaban J connectivity index is 0.00000364. The number of ether oxygens (including phenoxy) is 2. The van der Waals surface area contributed by atoms with Crippen molar-refractivity contribution in [1.29, 1.82) is 0 Å². The Morgan fingerprint density at radius 3 is 2.11 bits per heavy atom. The van der Waals surface area contributed by atoms with Crippen molar-refractivity contribution in [3.8, 4) is 5.75 Å². The Labute approximate surface area is 201 Å². The Morgan fingerprint density at radius 1 is 1.04 bits per heavy atom. The zero-order valence-corrected chi connectivity index (χ0v) is 18.9. The van der Waals surface area contributed by atoms with E-state index in [1.165, 1.54) is 50.4 Å². The van der Waals surface area contributed by atoms with E-state index in [2.05, 4.69) is 4.74 Å². The van der Waals surface area contributed by atoms with Gasteiger partial charge in [-0.15, -0.1) is 0 Å². The molecule has 138 valence electrons. The largest absolute Gasteiger partial charge is 1.00 e. The number of benzene rings is 2. The van der Waals surface area contributed by atoms with Crippen LogP contribution in [0, 0.1) is 0 Å². The minimum atomic E-state index is -4.24. The zero-order chi connectivity index (χ0) is 19.3. The molecule has 0 aliphatic heterocycles. The van der Waals surface area contributed by atoms with Crippen molar-refractivity contribution in [1.82, 2.24) is 0 Å². The summed E-state index contributed by atoms with van der Waals surface area (Å²) in [7, 11) is -3.02. The molecule has 0 radical (unpaired) electrons. The SMILES string of the molecule is COC(=O)c1cc(C=Cc2ccc(S(=O)(=O)O)cc2)ccc1OC(C)=O.[H-].[K+]. The second-order valence-electron chi connectivity index (χ2n) is 5.22. The average molecular weight is 416 g/mol. The van der Waals surface area contributed by atoms with E-state index in [0.717, 1.165) is 0 Å². The first-order valence-electron chi connectivity index (χ1n) is 7.37. The van der Waals surface area contributed by atoms with E-state index in [4.69, 9.17) is 9.29 Å². The Bertz CT molecular complexity index is 970. The predicted octanol–water partition coefficient (Wildman–Crippen LogP) is -0.0679. The maximum atomic E-state index is 11.9. The van der Waals surface area contributed by atoms with Gasteiger partial charge in [-0.3, -0.25) is 9.35 Å². The molecule has 0 amide bonds. The fourth-order valence-corrected chi connectivity index (χ4v) is 2.59. The summed E-state index contributed by atoms with van der Waals surface area (Å²) in [5.41, 5.74) is 1.42. The smallest absolute Gasteiger partial charge is 1.00 e. The van der Waals surface area contributed by atoms with Gasteiger partial charge in [0.05, 0.1) is 12.0 Å². The standard InChI is InChI=1S/C18H16O7S.K.H/c1-12(19)25-17-10-7-14(11-16(17)18(20)24-2)4-3-13-5-8-15(9-6-13)26(21,22)23;;/h3-11H,1-2H3,(H,21,22,23);;/q;+1;-1. The Hall–Kier alpha value is -1.33. The predicted molar refractivity (Wildman–Crippen MR) is 95.4 cm³/mol. The molecule has 0 saturated carbocycles. The first kappa shape index (κ1) is 23.7. The van der Waals surface area contributed by atoms with Gasteiger partial charge in [0.1, 0.15) is 11.3 Å². The molecule has 0 fully saturated rings. The molecule has 0 saturated heterocycles. The zero-order valence-electron chi connectivity index (χ0n) is 16.0. The summed E-state index contributed by atoms with van der Waals surface area (Å²) >= 11 is 0. The van der Waals surface area contributed by atoms with Gasteiger partial charge in [-0.05, 0) is 35.4 Å². The molecule has 0 aliphatic rings. The van der Waals surface area contributed by atoms with Crippen molar-refractivity contribution >= 4 is 34.2 Å². The molecule has 2 aromatic rings. The Morgan fingerprint density at radius 2 is 1.59 bits per heavy atom. The number of rotatable bonds is 5. The quantitative estimate of drug-likeness (QED) is 0.239. The van der Waals surface area contributed by atoms with Crippen LogP contribution < -0.4 is 56.1 Å². The van der Waals surface area contributed by atoms with Crippen LogP contribution >= 0.6 is 0 Å². The van der Waals surface area contributed by atoms with Crippen molar-refractivity contribution in [2.24, 2.45) is 0 Å². The third kappa shape index (κ3) is 6.96. The summed E-state index contributed by atoms with van der Waals surface area (Å²) in [6.07, 6.45) is 3.38. The summed E-state index contributed by atoms with van der Waals surface area (Å²) < 4.78 is 40.7. The fraction of sp³-hybridized carbons (Fsp3) is 0.111. The maximum absolute atomic E-state index is 11.9. The molecular formula is C18H17KO7S. The molecule has 2 rings (SSSR count). The number of hydrogen-bond acceptors (Lipinski definition) is 6. The summed E-state index contributed by atoms with van der Waals surface area (Å²) in [4.78, 5) is 22.8. The number of esters is 2. The van der Waals surface area contributed by atoms with Crippen LogP contribution in [-0.4, -0.2) is 32.0 Å². The second-order valence-corrected chi connectivity index (χ2v) is 6.64. The van der Waals surface area contributed by atoms with Gasteiger partial charge >= 0.3 is 63.3 Å². The summed E-state index contributed by atoms with van der Waals surface area (Å²) in [6.45, 7) is 1.23. The van der Waals surface area contributed by atoms with Crippen LogP contribution in [0.4, 0.5) is 0 Å². The van der Waals surface area contributed by atoms with Crippen LogP contribution in [0.2, 0.25) is 0 Å². The fourth-order valence-electron chi connectivity index (χ4n) is 2.11. The van der Waals surface area contributed by atoms with E-state index in [9.17, 15) is 18.0 Å². The summed E-state index contributed by atoms with van der Waals surface area (Å²) in [5, 5.41) is 0. The van der Waals surface area contributed by atoms with Gasteiger partial charge in [0, 0.05) is 6.92 Å². The third-order valence-electron chi connectivity index (χ3n) is 3.31. The van der Waals surface area contributed by atoms with Gasteiger partial charge in [0.2, 0.25) is 0 Å². The molecule has 0 atom stereocenters. The van der Waals surface area contributed by atoms with E-state index in [0.29, 0.717) is 11.1 Å². The first-order valence-corrected chi connectivity index (χ1v) is 8.81. The van der Waals surface area contributed by atoms with Crippen LogP contribution in [0.1, 0.15) is 29.8 Å². The number of hydrogen-bond donors (Lipinski definition) is 1. The second kappa shape index (κ2) is 10.3. The van der Waals surface area contributed by atoms with Crippen molar-refractivity contribution in [3.63, 3.8) is 0 Å². The monoisotopic (exact) mass is 416 g/mol. The third-order valence-corrected chi connectivity index (χ3v) is 4.18. The number of carbonyl (C=O) groups is 2. The van der Waals surface area contributed by atoms with Gasteiger partial charge in [0.15, 0.2) is 0 Å². The molecule has 0 aliphatic carbocycles. The van der Waals surface area contributed by atoms with E-state index in [-0.39, 0.29) is 69.0 Å². The molecule has 2 aromatic carbocycles. The summed E-state index contributed by atoms with van der Waals surface area (Å²) in [5.74, 6) is -1.11. The number of carbonyl (C=O) groups excluding carboxylic acids is 2. The molecule has 0 spiro atoms. The van der Waals surface area contributed by atoms with E-state index < -0.39 is 22.1 Å². The van der Waals surface area contributed by atoms with Crippen LogP contribution in [0.15, 0.2) is 47.4 Å². The van der Waals surface area contributed by atoms with Crippen molar-refractivity contribution in [2.75, 3.05) is 7.11 Å². The van der Waals surface area contributed by atoms with Gasteiger partial charge in [-0.1, -0.05) is 30.4 Å². The van der Waals surface area contributed by atoms with Gasteiger partial charge in [-0.25, -0.2) is 4.79 Å². The average Bonchev–Trinajstić information content (AvgIpc) is 2.59. The Kier molecular flexibility index (Phi) is 9.02. The molecule has 7 nitrogen and oxygen atoms in total. The van der Waals surface area contributed by atoms with Crippen LogP contribution in [0.5, 0.6) is 5.75 Å². The maximum Gasteiger partial charge on any atom is 1.00 e. The van der Waals surface area contributed by atoms with E-state index in [1.807, 2.05) is 0 Å². The first-order chi connectivity index (χ1) is 12.2. The minimum absolute atomic E-state index is 0. The molecule has 0 heterocycles. The van der Waals surface area contributed by atoms with Crippen molar-refractivity contribution in [2.45, 2.75) is 11.8 Å². The topological polar surface area (TPSA) is 107 Å². The van der Waals surface area contributed by atoms with Crippen LogP contribution in [0.25, 0.3) is 12.2 Å². The van der Waals surface area contributed by atoms with E-state index in [1.54, 1.807) is 18.2 Å². The van der Waals surface area contributed by atoms with Gasteiger partial charge in [-0.2, -0.15) is 8.42 Å². The van der Waals surface area contributed by atoms with Gasteiger partial charge < -0.3 is 10.9 Å². The van der Waals surface area contributed by atoms with E-state index >= 15 is 0 Å².